The first-order chi connectivity index (χ1) is 21.4. The number of aryl methyl sites for hydroxylation is 3. The zero-order chi connectivity index (χ0) is 30.5. The van der Waals surface area contributed by atoms with Crippen molar-refractivity contribution in [3.8, 4) is 17.0 Å². The van der Waals surface area contributed by atoms with Gasteiger partial charge in [0, 0.05) is 43.9 Å². The summed E-state index contributed by atoms with van der Waals surface area (Å²) >= 11 is 0. The first-order valence-corrected chi connectivity index (χ1v) is 15.8. The quantitative estimate of drug-likeness (QED) is 0.268. The SMILES string of the molecule is CC(=O)C1(COCCOCCN2CCN(c3nc(C)nc4c3CCc3cc(OCc5ccc(C)cc5)ccc3-4)CC2)COC1. The first kappa shape index (κ1) is 30.6. The van der Waals surface area contributed by atoms with E-state index in [0.717, 1.165) is 68.7 Å². The van der Waals surface area contributed by atoms with E-state index in [4.69, 9.17) is 28.9 Å². The minimum atomic E-state index is -0.439. The minimum absolute atomic E-state index is 0.139. The second-order valence-electron chi connectivity index (χ2n) is 12.3. The van der Waals surface area contributed by atoms with Crippen LogP contribution in [0.1, 0.15) is 35.0 Å². The Hall–Kier alpha value is -3.37. The molecule has 0 spiro atoms. The number of carbonyl (C=O) groups excluding carboxylic acids is 1. The van der Waals surface area contributed by atoms with Gasteiger partial charge >= 0.3 is 0 Å². The number of aromatic nitrogens is 2. The van der Waals surface area contributed by atoms with Crippen LogP contribution in [0.2, 0.25) is 0 Å². The highest BCUT2D eigenvalue weighted by Gasteiger charge is 2.43. The number of anilines is 1. The third kappa shape index (κ3) is 6.96. The summed E-state index contributed by atoms with van der Waals surface area (Å²) in [7, 11) is 0. The zero-order valence-electron chi connectivity index (χ0n) is 26.3. The summed E-state index contributed by atoms with van der Waals surface area (Å²) in [6, 6.07) is 14.9. The minimum Gasteiger partial charge on any atom is -0.489 e. The lowest BCUT2D eigenvalue weighted by atomic mass is 9.83. The molecule has 6 rings (SSSR count). The molecule has 3 heterocycles. The molecule has 3 aliphatic rings. The molecule has 234 valence electrons. The number of hydrogen-bond acceptors (Lipinski definition) is 9. The topological polar surface area (TPSA) is 86.3 Å². The van der Waals surface area contributed by atoms with Crippen LogP contribution >= 0.6 is 0 Å². The average molecular weight is 601 g/mol. The number of Topliss-reactive ketones (excluding diaryl/α,β-unsaturated/α-hetero) is 1. The molecular weight excluding hydrogens is 556 g/mol. The lowest BCUT2D eigenvalue weighted by Gasteiger charge is -2.38. The van der Waals surface area contributed by atoms with Crippen LogP contribution in [-0.2, 0) is 38.5 Å². The Labute approximate surface area is 260 Å². The highest BCUT2D eigenvalue weighted by molar-refractivity contribution is 5.83. The van der Waals surface area contributed by atoms with Crippen molar-refractivity contribution in [1.29, 1.82) is 0 Å². The summed E-state index contributed by atoms with van der Waals surface area (Å²) < 4.78 is 22.9. The number of hydrogen-bond donors (Lipinski definition) is 0. The van der Waals surface area contributed by atoms with Crippen LogP contribution in [0.5, 0.6) is 5.75 Å². The molecule has 0 atom stereocenters. The smallest absolute Gasteiger partial charge is 0.142 e. The first-order valence-electron chi connectivity index (χ1n) is 15.8. The molecule has 1 aliphatic carbocycles. The van der Waals surface area contributed by atoms with Crippen molar-refractivity contribution in [2.75, 3.05) is 77.3 Å². The van der Waals surface area contributed by atoms with Gasteiger partial charge in [-0.15, -0.1) is 0 Å². The second kappa shape index (κ2) is 13.7. The van der Waals surface area contributed by atoms with Gasteiger partial charge in [0.2, 0.25) is 0 Å². The van der Waals surface area contributed by atoms with Crippen molar-refractivity contribution in [3.63, 3.8) is 0 Å². The summed E-state index contributed by atoms with van der Waals surface area (Å²) in [4.78, 5) is 26.5. The standard InChI is InChI=1S/C35H44N4O5/c1-25-4-6-28(7-5-25)21-44-30-9-11-31-29(20-30)8-10-32-33(31)36-27(3)37-34(32)39-14-12-38(13-15-39)16-17-41-18-19-42-22-35(26(2)40)23-43-24-35/h4-7,9,11,20H,8,10,12-19,21-24H2,1-3H3. The van der Waals surface area contributed by atoms with Gasteiger partial charge in [0.05, 0.1) is 50.8 Å². The molecule has 2 aliphatic heterocycles. The fourth-order valence-corrected chi connectivity index (χ4v) is 6.10. The van der Waals surface area contributed by atoms with Gasteiger partial charge in [-0.3, -0.25) is 9.69 Å². The van der Waals surface area contributed by atoms with Gasteiger partial charge < -0.3 is 23.8 Å². The monoisotopic (exact) mass is 600 g/mol. The van der Waals surface area contributed by atoms with Crippen LogP contribution < -0.4 is 9.64 Å². The molecule has 9 heteroatoms. The van der Waals surface area contributed by atoms with Gasteiger partial charge in [-0.25, -0.2) is 9.97 Å². The predicted molar refractivity (Wildman–Crippen MR) is 169 cm³/mol. The molecule has 9 nitrogen and oxygen atoms in total. The average Bonchev–Trinajstić information content (AvgIpc) is 3.01. The second-order valence-corrected chi connectivity index (χ2v) is 12.3. The Morgan fingerprint density at radius 1 is 0.932 bits per heavy atom. The van der Waals surface area contributed by atoms with Crippen molar-refractivity contribution >= 4 is 11.6 Å². The molecule has 0 amide bonds. The molecule has 3 aromatic rings. The molecule has 0 radical (unpaired) electrons. The number of piperazine rings is 1. The number of carbonyl (C=O) groups is 1. The third-order valence-electron chi connectivity index (χ3n) is 9.08. The Morgan fingerprint density at radius 3 is 2.43 bits per heavy atom. The van der Waals surface area contributed by atoms with Gasteiger partial charge in [-0.1, -0.05) is 29.8 Å². The lowest BCUT2D eigenvalue weighted by Crippen LogP contribution is -2.51. The van der Waals surface area contributed by atoms with Gasteiger partial charge in [0.25, 0.3) is 0 Å². The summed E-state index contributed by atoms with van der Waals surface area (Å²) in [5, 5.41) is 0. The van der Waals surface area contributed by atoms with E-state index in [1.807, 2.05) is 6.92 Å². The molecule has 1 aromatic heterocycles. The Balaban J connectivity index is 0.985. The summed E-state index contributed by atoms with van der Waals surface area (Å²) in [5.74, 6) is 2.94. The van der Waals surface area contributed by atoms with E-state index in [0.29, 0.717) is 46.2 Å². The van der Waals surface area contributed by atoms with Gasteiger partial charge in [-0.05, 0) is 62.9 Å². The molecular formula is C35H44N4O5. The van der Waals surface area contributed by atoms with Crippen molar-refractivity contribution in [3.05, 3.63) is 70.5 Å². The molecule has 0 unspecified atom stereocenters. The molecule has 0 bridgehead atoms. The zero-order valence-corrected chi connectivity index (χ0v) is 26.3. The van der Waals surface area contributed by atoms with Crippen molar-refractivity contribution < 1.29 is 23.7 Å². The van der Waals surface area contributed by atoms with Crippen molar-refractivity contribution in [1.82, 2.24) is 14.9 Å². The number of ketones is 1. The van der Waals surface area contributed by atoms with E-state index in [9.17, 15) is 4.79 Å². The number of benzene rings is 2. The Bertz CT molecular complexity index is 1450. The van der Waals surface area contributed by atoms with Crippen molar-refractivity contribution in [2.24, 2.45) is 5.41 Å². The van der Waals surface area contributed by atoms with E-state index in [-0.39, 0.29) is 5.78 Å². The van der Waals surface area contributed by atoms with E-state index in [2.05, 4.69) is 59.2 Å². The van der Waals surface area contributed by atoms with E-state index >= 15 is 0 Å². The maximum Gasteiger partial charge on any atom is 0.142 e. The molecule has 44 heavy (non-hydrogen) atoms. The predicted octanol–water partition coefficient (Wildman–Crippen LogP) is 4.20. The summed E-state index contributed by atoms with van der Waals surface area (Å²) in [6.45, 7) is 14.0. The number of ether oxygens (including phenoxy) is 4. The summed E-state index contributed by atoms with van der Waals surface area (Å²) in [5.41, 5.74) is 6.79. The normalized spacial score (nSPS) is 17.5. The van der Waals surface area contributed by atoms with E-state index in [1.165, 1.54) is 27.8 Å². The Morgan fingerprint density at radius 2 is 1.70 bits per heavy atom. The van der Waals surface area contributed by atoms with Crippen LogP contribution in [0.3, 0.4) is 0 Å². The van der Waals surface area contributed by atoms with Gasteiger partial charge in [-0.2, -0.15) is 0 Å². The van der Waals surface area contributed by atoms with Crippen molar-refractivity contribution in [2.45, 2.75) is 40.2 Å². The maximum absolute atomic E-state index is 11.8. The maximum atomic E-state index is 11.8. The third-order valence-corrected chi connectivity index (χ3v) is 9.08. The highest BCUT2D eigenvalue weighted by atomic mass is 16.5. The fraction of sp³-hybridized carbons (Fsp3) is 0.514. The molecule has 2 aromatic carbocycles. The van der Waals surface area contributed by atoms with E-state index in [1.54, 1.807) is 6.92 Å². The van der Waals surface area contributed by atoms with Crippen LogP contribution in [-0.4, -0.2) is 93.0 Å². The van der Waals surface area contributed by atoms with Crippen LogP contribution in [0, 0.1) is 19.3 Å². The largest absolute Gasteiger partial charge is 0.489 e. The molecule has 0 N–H and O–H groups in total. The van der Waals surface area contributed by atoms with Gasteiger partial charge in [0.1, 0.15) is 29.8 Å². The lowest BCUT2D eigenvalue weighted by molar-refractivity contribution is -0.171. The van der Waals surface area contributed by atoms with Gasteiger partial charge in [0.15, 0.2) is 0 Å². The van der Waals surface area contributed by atoms with Crippen LogP contribution in [0.15, 0.2) is 42.5 Å². The molecule has 2 fully saturated rings. The number of fused-ring (bicyclic) bond motifs is 3. The number of rotatable bonds is 13. The van der Waals surface area contributed by atoms with E-state index < -0.39 is 5.41 Å². The number of nitrogens with zero attached hydrogens (tertiary/aromatic N) is 4. The van der Waals surface area contributed by atoms with Crippen LogP contribution in [0.4, 0.5) is 5.82 Å². The van der Waals surface area contributed by atoms with Crippen LogP contribution in [0.25, 0.3) is 11.3 Å². The summed E-state index contributed by atoms with van der Waals surface area (Å²) in [6.07, 6.45) is 1.88. The molecule has 2 saturated heterocycles. The molecule has 0 saturated carbocycles. The Kier molecular flexibility index (Phi) is 9.56. The fourth-order valence-electron chi connectivity index (χ4n) is 6.10. The highest BCUT2D eigenvalue weighted by Crippen LogP contribution is 2.38.